The summed E-state index contributed by atoms with van der Waals surface area (Å²) >= 11 is 0. The first kappa shape index (κ1) is 17.3. The maximum Gasteiger partial charge on any atom is 0.0682 e. The van der Waals surface area contributed by atoms with E-state index in [9.17, 15) is 5.11 Å². The molecule has 142 valence electrons. The molecular weight excluding hydrogens is 336 g/mol. The van der Waals surface area contributed by atoms with Crippen molar-refractivity contribution in [3.8, 4) is 0 Å². The van der Waals surface area contributed by atoms with Crippen molar-refractivity contribution in [2.45, 2.75) is 37.2 Å². The summed E-state index contributed by atoms with van der Waals surface area (Å²) in [4.78, 5) is 12.2. The van der Waals surface area contributed by atoms with Crippen LogP contribution in [0.4, 0.5) is 0 Å². The van der Waals surface area contributed by atoms with Crippen molar-refractivity contribution < 1.29 is 5.11 Å². The number of aliphatic hydroxyl groups is 1. The van der Waals surface area contributed by atoms with Crippen LogP contribution in [0.5, 0.6) is 0 Å². The van der Waals surface area contributed by atoms with Crippen molar-refractivity contribution >= 4 is 0 Å². The molecule has 1 aromatic heterocycles. The smallest absolute Gasteiger partial charge is 0.0682 e. The first-order valence-corrected chi connectivity index (χ1v) is 10.0. The molecule has 2 atom stereocenters. The van der Waals surface area contributed by atoms with Gasteiger partial charge in [-0.05, 0) is 24.1 Å². The highest BCUT2D eigenvalue weighted by molar-refractivity contribution is 5.18. The third kappa shape index (κ3) is 3.41. The van der Waals surface area contributed by atoms with E-state index in [4.69, 9.17) is 0 Å². The summed E-state index contributed by atoms with van der Waals surface area (Å²) in [5, 5.41) is 10.3. The second-order valence-corrected chi connectivity index (χ2v) is 8.54. The number of aliphatic hydroxyl groups excluding tert-OH is 1. The van der Waals surface area contributed by atoms with Crippen LogP contribution in [0, 0.1) is 0 Å². The highest BCUT2D eigenvalue weighted by Gasteiger charge is 2.55. The molecule has 3 aliphatic heterocycles. The van der Waals surface area contributed by atoms with E-state index in [0.29, 0.717) is 6.04 Å². The summed E-state index contributed by atoms with van der Waals surface area (Å²) in [5.41, 5.74) is 2.70. The second-order valence-electron chi connectivity index (χ2n) is 8.54. The molecule has 5 nitrogen and oxygen atoms in total. The molecule has 3 aliphatic rings. The van der Waals surface area contributed by atoms with E-state index >= 15 is 0 Å². The second kappa shape index (κ2) is 6.99. The Labute approximate surface area is 161 Å². The number of hydrogen-bond acceptors (Lipinski definition) is 5. The molecule has 1 aromatic carbocycles. The van der Waals surface area contributed by atoms with Gasteiger partial charge in [0.2, 0.25) is 0 Å². The SMILES string of the molecule is OC1CC2CN(Cc3ccccc3)CC3(CN(Cc4ccccn4)C3)N2C1. The van der Waals surface area contributed by atoms with Crippen molar-refractivity contribution in [1.82, 2.24) is 19.7 Å². The number of rotatable bonds is 4. The minimum Gasteiger partial charge on any atom is -0.392 e. The lowest BCUT2D eigenvalue weighted by Crippen LogP contribution is -2.77. The Hall–Kier alpha value is -1.79. The van der Waals surface area contributed by atoms with Crippen LogP contribution in [0.2, 0.25) is 0 Å². The Kier molecular flexibility index (Phi) is 4.48. The molecule has 2 aromatic rings. The molecule has 0 aliphatic carbocycles. The van der Waals surface area contributed by atoms with Crippen LogP contribution in [0.15, 0.2) is 54.7 Å². The van der Waals surface area contributed by atoms with Gasteiger partial charge in [-0.2, -0.15) is 0 Å². The molecule has 4 heterocycles. The molecule has 1 spiro atoms. The Balaban J connectivity index is 1.30. The maximum absolute atomic E-state index is 10.3. The summed E-state index contributed by atoms with van der Waals surface area (Å²) in [6.45, 7) is 7.04. The van der Waals surface area contributed by atoms with E-state index in [1.165, 1.54) is 5.56 Å². The number of hydrogen-bond donors (Lipinski definition) is 1. The van der Waals surface area contributed by atoms with Gasteiger partial charge >= 0.3 is 0 Å². The van der Waals surface area contributed by atoms with Crippen LogP contribution in [0.25, 0.3) is 0 Å². The summed E-state index contributed by atoms with van der Waals surface area (Å²) in [5.74, 6) is 0. The quantitative estimate of drug-likeness (QED) is 0.892. The van der Waals surface area contributed by atoms with Crippen molar-refractivity contribution in [3.05, 3.63) is 66.0 Å². The molecule has 1 N–H and O–H groups in total. The van der Waals surface area contributed by atoms with Crippen molar-refractivity contribution in [1.29, 1.82) is 0 Å². The maximum atomic E-state index is 10.3. The fraction of sp³-hybridized carbons (Fsp3) is 0.500. The van der Waals surface area contributed by atoms with Crippen molar-refractivity contribution in [3.63, 3.8) is 0 Å². The normalized spacial score (nSPS) is 28.2. The van der Waals surface area contributed by atoms with Gasteiger partial charge in [0.25, 0.3) is 0 Å². The predicted molar refractivity (Wildman–Crippen MR) is 105 cm³/mol. The lowest BCUT2D eigenvalue weighted by atomic mass is 9.83. The van der Waals surface area contributed by atoms with E-state index in [1.807, 2.05) is 12.3 Å². The largest absolute Gasteiger partial charge is 0.392 e. The summed E-state index contributed by atoms with van der Waals surface area (Å²) in [6.07, 6.45) is 2.61. The number of pyridine rings is 1. The minimum absolute atomic E-state index is 0.173. The Morgan fingerprint density at radius 3 is 2.48 bits per heavy atom. The van der Waals surface area contributed by atoms with Gasteiger partial charge in [0, 0.05) is 58.1 Å². The number of fused-ring (bicyclic) bond motifs is 2. The lowest BCUT2D eigenvalue weighted by Gasteiger charge is -2.61. The average Bonchev–Trinajstić information content (AvgIpc) is 3.03. The van der Waals surface area contributed by atoms with E-state index in [0.717, 1.165) is 57.9 Å². The molecule has 2 unspecified atom stereocenters. The first-order chi connectivity index (χ1) is 13.2. The highest BCUT2D eigenvalue weighted by Crippen LogP contribution is 2.39. The zero-order valence-corrected chi connectivity index (χ0v) is 15.7. The zero-order valence-electron chi connectivity index (χ0n) is 15.7. The van der Waals surface area contributed by atoms with Crippen LogP contribution in [0.3, 0.4) is 0 Å². The third-order valence-electron chi connectivity index (χ3n) is 6.39. The number of likely N-dealkylation sites (tertiary alicyclic amines) is 1. The van der Waals surface area contributed by atoms with Crippen LogP contribution in [-0.4, -0.2) is 75.2 Å². The average molecular weight is 364 g/mol. The van der Waals surface area contributed by atoms with Crippen LogP contribution < -0.4 is 0 Å². The molecule has 0 bridgehead atoms. The number of benzene rings is 1. The standard InChI is InChI=1S/C22H28N4O/c27-21-10-20-13-24(11-18-6-2-1-3-7-18)15-22(26(20)14-21)16-25(17-22)12-19-8-4-5-9-23-19/h1-9,20-21,27H,10-17H2. The van der Waals surface area contributed by atoms with Gasteiger partial charge in [0.15, 0.2) is 0 Å². The Morgan fingerprint density at radius 2 is 1.70 bits per heavy atom. The number of piperazine rings is 1. The highest BCUT2D eigenvalue weighted by atomic mass is 16.3. The van der Waals surface area contributed by atoms with E-state index in [2.05, 4.69) is 62.1 Å². The lowest BCUT2D eigenvalue weighted by molar-refractivity contribution is -0.118. The van der Waals surface area contributed by atoms with Crippen molar-refractivity contribution in [2.75, 3.05) is 32.7 Å². The van der Waals surface area contributed by atoms with Gasteiger partial charge < -0.3 is 5.11 Å². The summed E-state index contributed by atoms with van der Waals surface area (Å²) in [6, 6.07) is 17.4. The van der Waals surface area contributed by atoms with Crippen LogP contribution in [-0.2, 0) is 13.1 Å². The van der Waals surface area contributed by atoms with Gasteiger partial charge in [-0.15, -0.1) is 0 Å². The Morgan fingerprint density at radius 1 is 0.926 bits per heavy atom. The molecule has 3 saturated heterocycles. The van der Waals surface area contributed by atoms with Crippen molar-refractivity contribution in [2.24, 2.45) is 0 Å². The van der Waals surface area contributed by atoms with Gasteiger partial charge in [-0.3, -0.25) is 19.7 Å². The summed E-state index contributed by atoms with van der Waals surface area (Å²) in [7, 11) is 0. The Bertz CT molecular complexity index is 762. The molecule has 0 saturated carbocycles. The first-order valence-electron chi connectivity index (χ1n) is 10.0. The molecule has 5 rings (SSSR count). The number of β-amino-alcohol motifs (C(OH)–C–C–N with tert-alkyl or cyclic N) is 1. The molecule has 5 heteroatoms. The minimum atomic E-state index is -0.173. The summed E-state index contributed by atoms with van der Waals surface area (Å²) < 4.78 is 0. The fourth-order valence-electron chi connectivity index (χ4n) is 5.38. The molecular formula is C22H28N4O. The zero-order chi connectivity index (χ0) is 18.3. The monoisotopic (exact) mass is 364 g/mol. The number of aromatic nitrogens is 1. The molecule has 3 fully saturated rings. The number of nitrogens with zero attached hydrogens (tertiary/aromatic N) is 4. The van der Waals surface area contributed by atoms with Gasteiger partial charge in [0.1, 0.15) is 0 Å². The predicted octanol–water partition coefficient (Wildman–Crippen LogP) is 1.59. The fourth-order valence-corrected chi connectivity index (χ4v) is 5.38. The molecule has 0 radical (unpaired) electrons. The third-order valence-corrected chi connectivity index (χ3v) is 6.39. The van der Waals surface area contributed by atoms with E-state index < -0.39 is 0 Å². The van der Waals surface area contributed by atoms with E-state index in [1.54, 1.807) is 0 Å². The molecule has 0 amide bonds. The van der Waals surface area contributed by atoms with Gasteiger partial charge in [0.05, 0.1) is 17.3 Å². The van der Waals surface area contributed by atoms with Crippen LogP contribution in [0.1, 0.15) is 17.7 Å². The van der Waals surface area contributed by atoms with Gasteiger partial charge in [-0.1, -0.05) is 36.4 Å². The molecule has 27 heavy (non-hydrogen) atoms. The van der Waals surface area contributed by atoms with Crippen LogP contribution >= 0.6 is 0 Å². The van der Waals surface area contributed by atoms with Gasteiger partial charge in [-0.25, -0.2) is 0 Å². The topological polar surface area (TPSA) is 42.8 Å². The van der Waals surface area contributed by atoms with E-state index in [-0.39, 0.29) is 11.6 Å².